The summed E-state index contributed by atoms with van der Waals surface area (Å²) in [5.41, 5.74) is 5.44. The van der Waals surface area contributed by atoms with Crippen LogP contribution in [0.5, 0.6) is 0 Å². The van der Waals surface area contributed by atoms with Gasteiger partial charge < -0.3 is 15.8 Å². The molecule has 70 valence electrons. The van der Waals surface area contributed by atoms with E-state index in [0.29, 0.717) is 0 Å². The third-order valence-electron chi connectivity index (χ3n) is 1.13. The van der Waals surface area contributed by atoms with Gasteiger partial charge in [0.05, 0.1) is 4.92 Å². The Balaban J connectivity index is 0. The zero-order chi connectivity index (χ0) is 10.3. The number of nitrogens with two attached hydrogens (primary N) is 1. The van der Waals surface area contributed by atoms with E-state index in [1.54, 1.807) is 12.1 Å². The van der Waals surface area contributed by atoms with E-state index in [9.17, 15) is 10.1 Å². The maximum Gasteiger partial charge on any atom is 1.00 e. The van der Waals surface area contributed by atoms with Gasteiger partial charge in [0.25, 0.3) is 5.69 Å². The predicted molar refractivity (Wildman–Crippen MR) is 46.7 cm³/mol. The van der Waals surface area contributed by atoms with Gasteiger partial charge in [0, 0.05) is 6.07 Å². The maximum atomic E-state index is 10.1. The monoisotopic (exact) mass is 207 g/mol. The van der Waals surface area contributed by atoms with E-state index in [1.165, 1.54) is 12.1 Å². The fourth-order valence-corrected chi connectivity index (χ4v) is 0.654. The van der Waals surface area contributed by atoms with Gasteiger partial charge in [0.1, 0.15) is 5.69 Å². The van der Waals surface area contributed by atoms with Crippen molar-refractivity contribution < 1.29 is 34.5 Å². The second-order valence-electron chi connectivity index (χ2n) is 1.89. The molecular weight excluding hydrogens is 201 g/mol. The van der Waals surface area contributed by atoms with Gasteiger partial charge in [0.15, 0.2) is 0 Å². The van der Waals surface area contributed by atoms with Gasteiger partial charge in [-0.25, -0.2) is 0 Å². The number of nitrogen functional groups attached to an aromatic ring is 1. The molecule has 0 heterocycles. The Hall–Kier alpha value is -1.18. The first-order valence-corrected chi connectivity index (χ1v) is 3.07. The molecule has 0 spiro atoms. The number of nitro groups is 1. The molecule has 1 aromatic carbocycles. The van der Waals surface area contributed by atoms with Gasteiger partial charge in [-0.05, 0) is 6.07 Å². The van der Waals surface area contributed by atoms with Crippen LogP contribution in [-0.4, -0.2) is 4.92 Å². The maximum absolute atomic E-state index is 10.1. The number of hydrogen-bond donors (Lipinski definition) is 1. The molecule has 0 aliphatic rings. The Morgan fingerprint density at radius 1 is 1.36 bits per heavy atom. The number of nitro benzene ring substituents is 1. The third kappa shape index (κ3) is 5.46. The summed E-state index contributed by atoms with van der Waals surface area (Å²) in [6.45, 7) is 0. The van der Waals surface area contributed by atoms with Crippen LogP contribution in [0.25, 0.3) is 0 Å². The summed E-state index contributed by atoms with van der Waals surface area (Å²) in [6.07, 6.45) is 0. The number of hydrogen-bond acceptors (Lipinski definition) is 6. The van der Waals surface area contributed by atoms with Crippen LogP contribution in [0.2, 0.25) is 0 Å². The number of nitrogens with zero attached hydrogens (tertiary/aromatic N) is 2. The number of para-hydroxylation sites is 2. The van der Waals surface area contributed by atoms with E-state index in [4.69, 9.17) is 15.8 Å². The van der Waals surface area contributed by atoms with Crippen molar-refractivity contribution in [2.24, 2.45) is 5.34 Å². The van der Waals surface area contributed by atoms with Gasteiger partial charge in [-0.3, -0.25) is 10.1 Å². The topological polar surface area (TPSA) is 122 Å². The molecule has 14 heavy (non-hydrogen) atoms. The Morgan fingerprint density at radius 3 is 2.07 bits per heavy atom. The van der Waals surface area contributed by atoms with Crippen LogP contribution in [0, 0.1) is 20.2 Å². The Kier molecular flexibility index (Phi) is 9.20. The molecule has 0 bridgehead atoms. The van der Waals surface area contributed by atoms with Crippen molar-refractivity contribution in [3.05, 3.63) is 44.5 Å². The normalized spacial score (nSPS) is 7.43. The largest absolute Gasteiger partial charge is 1.00 e. The molecule has 0 aliphatic carbocycles. The average Bonchev–Trinajstić information content (AvgIpc) is 2.06. The summed E-state index contributed by atoms with van der Waals surface area (Å²) >= 11 is 0. The van der Waals surface area contributed by atoms with Crippen LogP contribution in [0.1, 0.15) is 0 Å². The molecule has 0 fully saturated rings. The van der Waals surface area contributed by atoms with Gasteiger partial charge in [-0.1, -0.05) is 12.1 Å². The Morgan fingerprint density at radius 2 is 1.79 bits per heavy atom. The van der Waals surface area contributed by atoms with Crippen LogP contribution in [0.4, 0.5) is 11.4 Å². The molecular formula is C6H6N3NaO4. The molecule has 0 atom stereocenters. The molecule has 2 N–H and O–H groups in total. The van der Waals surface area contributed by atoms with E-state index >= 15 is 0 Å². The van der Waals surface area contributed by atoms with Crippen LogP contribution in [-0.2, 0) is 0 Å². The van der Waals surface area contributed by atoms with E-state index in [1.807, 2.05) is 0 Å². The van der Waals surface area contributed by atoms with Crippen LogP contribution < -0.4 is 35.3 Å². The number of anilines is 1. The minimum atomic E-state index is -0.505. The first-order valence-electron chi connectivity index (χ1n) is 3.07. The number of rotatable bonds is 1. The van der Waals surface area contributed by atoms with Gasteiger partial charge in [-0.2, -0.15) is 0 Å². The van der Waals surface area contributed by atoms with Crippen molar-refractivity contribution in [2.75, 3.05) is 5.73 Å². The molecule has 0 saturated carbocycles. The second kappa shape index (κ2) is 8.42. The smallest absolute Gasteiger partial charge is 0.444 e. The summed E-state index contributed by atoms with van der Waals surface area (Å²) < 4.78 is 0. The molecule has 7 nitrogen and oxygen atoms in total. The Labute approximate surface area is 101 Å². The van der Waals surface area contributed by atoms with Crippen molar-refractivity contribution in [1.82, 2.24) is 0 Å². The third-order valence-corrected chi connectivity index (χ3v) is 1.13. The van der Waals surface area contributed by atoms with Crippen molar-refractivity contribution in [3.63, 3.8) is 0 Å². The van der Waals surface area contributed by atoms with E-state index in [0.717, 1.165) is 5.34 Å². The minimum Gasteiger partial charge on any atom is -0.444 e. The molecule has 8 heteroatoms. The van der Waals surface area contributed by atoms with E-state index in [-0.39, 0.29) is 40.9 Å². The molecule has 0 unspecified atom stereocenters. The van der Waals surface area contributed by atoms with Gasteiger partial charge in [-0.15, -0.1) is 5.34 Å². The molecule has 0 aromatic heterocycles. The quantitative estimate of drug-likeness (QED) is 0.196. The van der Waals surface area contributed by atoms with Gasteiger partial charge in [0.2, 0.25) is 0 Å². The minimum absolute atomic E-state index is 0. The first-order chi connectivity index (χ1) is 6.13. The summed E-state index contributed by atoms with van der Waals surface area (Å²) in [5.74, 6) is 0. The molecule has 1 rings (SSSR count). The fraction of sp³-hybridized carbons (Fsp3) is 0. The van der Waals surface area contributed by atoms with Crippen LogP contribution in [0.3, 0.4) is 0 Å². The molecule has 1 aromatic rings. The van der Waals surface area contributed by atoms with Crippen molar-refractivity contribution in [3.8, 4) is 0 Å². The summed E-state index contributed by atoms with van der Waals surface area (Å²) in [4.78, 5) is 17.6. The summed E-state index contributed by atoms with van der Waals surface area (Å²) in [7, 11) is 0. The fourth-order valence-electron chi connectivity index (χ4n) is 0.654. The van der Waals surface area contributed by atoms with Crippen LogP contribution in [0.15, 0.2) is 29.6 Å². The Bertz CT molecular complexity index is 307. The zero-order valence-corrected chi connectivity index (χ0v) is 9.41. The summed E-state index contributed by atoms with van der Waals surface area (Å²) in [6, 6.07) is 6.10. The zero-order valence-electron chi connectivity index (χ0n) is 7.41. The van der Waals surface area contributed by atoms with Crippen molar-refractivity contribution >= 4 is 11.4 Å². The second-order valence-corrected chi connectivity index (χ2v) is 1.89. The first kappa shape index (κ1) is 15.3. The standard InChI is InChI=1S/C6H6N2O2.HNO2.Na/c7-5-3-1-2-4-6(5)8(9)10;2-1-3;/h1-4H,7H2;(H,2,3);/q;;+1/p-1. The van der Waals surface area contributed by atoms with E-state index in [2.05, 4.69) is 0 Å². The predicted octanol–water partition coefficient (Wildman–Crippen LogP) is -1.57. The van der Waals surface area contributed by atoms with Crippen LogP contribution >= 0.6 is 0 Å². The molecule has 0 amide bonds. The molecule has 0 radical (unpaired) electrons. The SMILES string of the molecule is Nc1ccccc1[N+](=O)[O-].O=N[O-].[Na+]. The van der Waals surface area contributed by atoms with Crippen molar-refractivity contribution in [2.45, 2.75) is 0 Å². The molecule has 0 aliphatic heterocycles. The van der Waals surface area contributed by atoms with Crippen molar-refractivity contribution in [1.29, 1.82) is 0 Å². The van der Waals surface area contributed by atoms with E-state index < -0.39 is 4.92 Å². The number of benzene rings is 1. The van der Waals surface area contributed by atoms with Gasteiger partial charge >= 0.3 is 29.6 Å². The average molecular weight is 207 g/mol. The molecule has 0 saturated heterocycles. The summed E-state index contributed by atoms with van der Waals surface area (Å²) in [5, 5.41) is 19.1.